The van der Waals surface area contributed by atoms with Crippen molar-refractivity contribution in [1.29, 1.82) is 0 Å². The van der Waals surface area contributed by atoms with Gasteiger partial charge in [-0.05, 0) is 24.7 Å². The topological polar surface area (TPSA) is 35.5 Å². The van der Waals surface area contributed by atoms with E-state index in [9.17, 15) is 4.79 Å². The van der Waals surface area contributed by atoms with Gasteiger partial charge in [-0.15, -0.1) is 0 Å². The number of carbonyl (C=O) groups excluding carboxylic acids is 1. The first-order valence-electron chi connectivity index (χ1n) is 4.95. The molecule has 2 saturated carbocycles. The number of hydrogen-bond donors (Lipinski definition) is 0. The van der Waals surface area contributed by atoms with Crippen molar-refractivity contribution in [2.75, 3.05) is 7.11 Å². The highest BCUT2D eigenvalue weighted by molar-refractivity contribution is 5.84. The Labute approximate surface area is 77.4 Å². The van der Waals surface area contributed by atoms with Crippen molar-refractivity contribution in [2.45, 2.75) is 31.5 Å². The van der Waals surface area contributed by atoms with Crippen LogP contribution in [0.4, 0.5) is 0 Å². The number of esters is 1. The maximum absolute atomic E-state index is 11.6. The molecule has 13 heavy (non-hydrogen) atoms. The van der Waals surface area contributed by atoms with E-state index in [1.807, 2.05) is 0 Å². The number of methoxy groups -OCH3 is 1. The minimum Gasteiger partial charge on any atom is -0.460 e. The second kappa shape index (κ2) is 2.08. The van der Waals surface area contributed by atoms with Gasteiger partial charge in [0.2, 0.25) is 0 Å². The Kier molecular flexibility index (Phi) is 1.25. The highest BCUT2D eigenvalue weighted by Gasteiger charge is 2.69. The van der Waals surface area contributed by atoms with Gasteiger partial charge in [0.25, 0.3) is 0 Å². The Hall–Kier alpha value is -0.570. The molecule has 2 bridgehead atoms. The molecule has 1 aliphatic heterocycles. The first-order valence-corrected chi connectivity index (χ1v) is 4.95. The molecular formula is C10H14O3. The van der Waals surface area contributed by atoms with Crippen LogP contribution in [-0.2, 0) is 14.3 Å². The summed E-state index contributed by atoms with van der Waals surface area (Å²) >= 11 is 0. The van der Waals surface area contributed by atoms with E-state index in [-0.39, 0.29) is 12.1 Å². The molecule has 3 fully saturated rings. The van der Waals surface area contributed by atoms with E-state index in [1.165, 1.54) is 0 Å². The molecule has 0 aromatic rings. The Bertz CT molecular complexity index is 275. The van der Waals surface area contributed by atoms with Crippen LogP contribution in [0.3, 0.4) is 0 Å². The van der Waals surface area contributed by atoms with E-state index in [1.54, 1.807) is 7.11 Å². The van der Waals surface area contributed by atoms with Gasteiger partial charge in [-0.3, -0.25) is 0 Å². The zero-order valence-corrected chi connectivity index (χ0v) is 7.95. The number of fused-ring (bicyclic) bond motifs is 1. The van der Waals surface area contributed by atoms with E-state index in [0.717, 1.165) is 12.8 Å². The lowest BCUT2D eigenvalue weighted by Gasteiger charge is -2.29. The maximum Gasteiger partial charge on any atom is 0.339 e. The predicted molar refractivity (Wildman–Crippen MR) is 45.0 cm³/mol. The molecule has 1 heterocycles. The Morgan fingerprint density at radius 3 is 3.00 bits per heavy atom. The van der Waals surface area contributed by atoms with Crippen LogP contribution < -0.4 is 0 Å². The summed E-state index contributed by atoms with van der Waals surface area (Å²) < 4.78 is 10.8. The lowest BCUT2D eigenvalue weighted by atomic mass is 9.80. The van der Waals surface area contributed by atoms with Gasteiger partial charge in [-0.2, -0.15) is 0 Å². The van der Waals surface area contributed by atoms with E-state index >= 15 is 0 Å². The molecule has 3 rings (SSSR count). The van der Waals surface area contributed by atoms with Crippen molar-refractivity contribution in [1.82, 2.24) is 0 Å². The number of carbonyl (C=O) groups is 1. The second-order valence-corrected chi connectivity index (χ2v) is 4.63. The summed E-state index contributed by atoms with van der Waals surface area (Å²) in [5, 5.41) is 0. The quantitative estimate of drug-likeness (QED) is 0.567. The van der Waals surface area contributed by atoms with Crippen LogP contribution in [0.5, 0.6) is 0 Å². The van der Waals surface area contributed by atoms with Crippen molar-refractivity contribution in [3.8, 4) is 0 Å². The molecule has 0 spiro atoms. The minimum absolute atomic E-state index is 0.114. The molecule has 0 aromatic heterocycles. The predicted octanol–water partition coefficient (Wildman–Crippen LogP) is 0.973. The molecule has 0 N–H and O–H groups in total. The molecule has 2 aliphatic carbocycles. The molecule has 5 unspecified atom stereocenters. The normalized spacial score (nSPS) is 57.2. The molecule has 1 saturated heterocycles. The molecule has 0 amide bonds. The van der Waals surface area contributed by atoms with Crippen LogP contribution in [0.25, 0.3) is 0 Å². The fraction of sp³-hybridized carbons (Fsp3) is 0.900. The summed E-state index contributed by atoms with van der Waals surface area (Å²) in [7, 11) is 1.63. The van der Waals surface area contributed by atoms with E-state index in [0.29, 0.717) is 17.8 Å². The van der Waals surface area contributed by atoms with Gasteiger partial charge in [-0.1, -0.05) is 6.92 Å². The molecule has 3 aliphatic rings. The fourth-order valence-electron chi connectivity index (χ4n) is 3.54. The number of ether oxygens (including phenoxy) is 2. The van der Waals surface area contributed by atoms with Gasteiger partial charge in [0.15, 0.2) is 5.60 Å². The van der Waals surface area contributed by atoms with Gasteiger partial charge in [0.1, 0.15) is 6.10 Å². The summed E-state index contributed by atoms with van der Waals surface area (Å²) in [6, 6.07) is 0. The summed E-state index contributed by atoms with van der Waals surface area (Å²) in [6.45, 7) is 2.19. The van der Waals surface area contributed by atoms with Gasteiger partial charge < -0.3 is 9.47 Å². The van der Waals surface area contributed by atoms with E-state index in [4.69, 9.17) is 9.47 Å². The first kappa shape index (κ1) is 7.80. The monoisotopic (exact) mass is 182 g/mol. The highest BCUT2D eigenvalue weighted by Crippen LogP contribution is 2.60. The third-order valence-electron chi connectivity index (χ3n) is 4.33. The third kappa shape index (κ3) is 0.654. The summed E-state index contributed by atoms with van der Waals surface area (Å²) in [6.07, 6.45) is 2.14. The van der Waals surface area contributed by atoms with Crippen molar-refractivity contribution < 1.29 is 14.3 Å². The standard InChI is InChI=1S/C10H14O3/c1-5-6-3-7-8(5)13-9(11)10(7,4-6)12-2/h5-8H,3-4H2,1-2H3. The Morgan fingerprint density at radius 2 is 2.38 bits per heavy atom. The molecule has 0 aromatic carbocycles. The SMILES string of the molecule is COC12CC3CC1C(OC2=O)C3C. The van der Waals surface area contributed by atoms with Gasteiger partial charge in [-0.25, -0.2) is 4.79 Å². The largest absolute Gasteiger partial charge is 0.460 e. The van der Waals surface area contributed by atoms with Crippen LogP contribution in [0, 0.1) is 17.8 Å². The number of hydrogen-bond acceptors (Lipinski definition) is 3. The lowest BCUT2D eigenvalue weighted by Crippen LogP contribution is -2.42. The lowest BCUT2D eigenvalue weighted by molar-refractivity contribution is -0.157. The van der Waals surface area contributed by atoms with Crippen LogP contribution in [0.15, 0.2) is 0 Å². The molecule has 72 valence electrons. The van der Waals surface area contributed by atoms with E-state index < -0.39 is 5.60 Å². The second-order valence-electron chi connectivity index (χ2n) is 4.63. The van der Waals surface area contributed by atoms with Gasteiger partial charge >= 0.3 is 5.97 Å². The van der Waals surface area contributed by atoms with Crippen molar-refractivity contribution in [2.24, 2.45) is 17.8 Å². The van der Waals surface area contributed by atoms with Crippen LogP contribution in [0.1, 0.15) is 19.8 Å². The van der Waals surface area contributed by atoms with Crippen LogP contribution in [0.2, 0.25) is 0 Å². The van der Waals surface area contributed by atoms with Crippen LogP contribution >= 0.6 is 0 Å². The van der Waals surface area contributed by atoms with E-state index in [2.05, 4.69) is 6.92 Å². The average Bonchev–Trinajstić information content (AvgIpc) is 2.68. The van der Waals surface area contributed by atoms with Crippen molar-refractivity contribution >= 4 is 5.97 Å². The summed E-state index contributed by atoms with van der Waals surface area (Å²) in [4.78, 5) is 11.6. The van der Waals surface area contributed by atoms with Gasteiger partial charge in [0.05, 0.1) is 0 Å². The van der Waals surface area contributed by atoms with Crippen molar-refractivity contribution in [3.05, 3.63) is 0 Å². The summed E-state index contributed by atoms with van der Waals surface area (Å²) in [5.41, 5.74) is -0.554. The Balaban J connectivity index is 2.06. The molecule has 3 heteroatoms. The minimum atomic E-state index is -0.554. The number of rotatable bonds is 1. The first-order chi connectivity index (χ1) is 6.19. The summed E-state index contributed by atoms with van der Waals surface area (Å²) in [5.74, 6) is 1.41. The average molecular weight is 182 g/mol. The molecule has 0 radical (unpaired) electrons. The fourth-order valence-corrected chi connectivity index (χ4v) is 3.54. The molecule has 5 atom stereocenters. The third-order valence-corrected chi connectivity index (χ3v) is 4.33. The van der Waals surface area contributed by atoms with Crippen molar-refractivity contribution in [3.63, 3.8) is 0 Å². The zero-order valence-electron chi connectivity index (χ0n) is 7.95. The zero-order chi connectivity index (χ0) is 9.22. The smallest absolute Gasteiger partial charge is 0.339 e. The Morgan fingerprint density at radius 1 is 1.62 bits per heavy atom. The van der Waals surface area contributed by atoms with Gasteiger partial charge in [0, 0.05) is 13.0 Å². The molecular weight excluding hydrogens is 168 g/mol. The van der Waals surface area contributed by atoms with Crippen LogP contribution in [-0.4, -0.2) is 24.8 Å². The maximum atomic E-state index is 11.6. The molecule has 3 nitrogen and oxygen atoms in total. The highest BCUT2D eigenvalue weighted by atomic mass is 16.6.